The van der Waals surface area contributed by atoms with Gasteiger partial charge in [0.25, 0.3) is 0 Å². The van der Waals surface area contributed by atoms with Crippen LogP contribution in [0.2, 0.25) is 0 Å². The van der Waals surface area contributed by atoms with Crippen molar-refractivity contribution < 1.29 is 9.84 Å². The van der Waals surface area contributed by atoms with Crippen molar-refractivity contribution >= 4 is 10.9 Å². The van der Waals surface area contributed by atoms with Gasteiger partial charge in [-0.2, -0.15) is 0 Å². The summed E-state index contributed by atoms with van der Waals surface area (Å²) in [5.41, 5.74) is 4.50. The Morgan fingerprint density at radius 1 is 0.774 bits per heavy atom. The lowest BCUT2D eigenvalue weighted by Gasteiger charge is -2.11. The van der Waals surface area contributed by atoms with E-state index >= 15 is 0 Å². The average molecular weight is 420 g/mol. The average Bonchev–Trinajstić information content (AvgIpc) is 2.79. The van der Waals surface area contributed by atoms with E-state index in [2.05, 4.69) is 43.3 Å². The standard InChI is InChI=1S/C28H37NO2/c1-23-20-25-17-18-26(16-12-7-5-3-2-4-6-8-13-19-30)29-28(25)27(21-23)31-22-24-14-10-9-11-15-24/h9-11,14-15,17-18,20-21,30H,2-8,12-13,16,19,22H2,1H3. The van der Waals surface area contributed by atoms with Gasteiger partial charge in [0.1, 0.15) is 17.9 Å². The molecule has 0 fully saturated rings. The van der Waals surface area contributed by atoms with Crippen molar-refractivity contribution in [3.05, 3.63) is 71.4 Å². The molecule has 0 aliphatic rings. The van der Waals surface area contributed by atoms with E-state index in [0.29, 0.717) is 13.2 Å². The molecule has 3 rings (SSSR count). The van der Waals surface area contributed by atoms with Gasteiger partial charge in [0.2, 0.25) is 0 Å². The number of ether oxygens (including phenoxy) is 1. The Morgan fingerprint density at radius 2 is 1.45 bits per heavy atom. The Bertz CT molecular complexity index is 908. The molecule has 0 spiro atoms. The number of aliphatic hydroxyl groups is 1. The van der Waals surface area contributed by atoms with Gasteiger partial charge in [-0.1, -0.05) is 81.3 Å². The Labute approximate surface area is 187 Å². The van der Waals surface area contributed by atoms with Gasteiger partial charge < -0.3 is 9.84 Å². The molecule has 0 atom stereocenters. The Hall–Kier alpha value is -2.39. The Morgan fingerprint density at radius 3 is 2.16 bits per heavy atom. The van der Waals surface area contributed by atoms with Crippen molar-refractivity contribution in [3.63, 3.8) is 0 Å². The van der Waals surface area contributed by atoms with Gasteiger partial charge in [0.05, 0.1) is 0 Å². The zero-order valence-corrected chi connectivity index (χ0v) is 19.0. The topological polar surface area (TPSA) is 42.4 Å². The molecule has 0 unspecified atom stereocenters. The molecule has 1 aromatic heterocycles. The van der Waals surface area contributed by atoms with E-state index in [4.69, 9.17) is 14.8 Å². The van der Waals surface area contributed by atoms with Crippen LogP contribution in [-0.2, 0) is 13.0 Å². The summed E-state index contributed by atoms with van der Waals surface area (Å²) < 4.78 is 6.17. The van der Waals surface area contributed by atoms with Crippen LogP contribution < -0.4 is 4.74 Å². The number of hydrogen-bond acceptors (Lipinski definition) is 3. The molecular formula is C28H37NO2. The molecule has 1 N–H and O–H groups in total. The van der Waals surface area contributed by atoms with E-state index in [1.54, 1.807) is 0 Å². The SMILES string of the molecule is Cc1cc(OCc2ccccc2)c2nc(CCCCCCCCCCCO)ccc2c1. The van der Waals surface area contributed by atoms with E-state index in [-0.39, 0.29) is 0 Å². The third kappa shape index (κ3) is 7.99. The third-order valence-corrected chi connectivity index (χ3v) is 5.79. The molecule has 2 aromatic carbocycles. The van der Waals surface area contributed by atoms with Gasteiger partial charge in [0, 0.05) is 17.7 Å². The van der Waals surface area contributed by atoms with Crippen LogP contribution in [0.5, 0.6) is 5.75 Å². The molecule has 3 heteroatoms. The predicted octanol–water partition coefficient (Wildman–Crippen LogP) is 7.17. The monoisotopic (exact) mass is 419 g/mol. The highest BCUT2D eigenvalue weighted by atomic mass is 16.5. The molecule has 0 saturated carbocycles. The highest BCUT2D eigenvalue weighted by molar-refractivity contribution is 5.85. The summed E-state index contributed by atoms with van der Waals surface area (Å²) in [7, 11) is 0. The van der Waals surface area contributed by atoms with Crippen molar-refractivity contribution in [1.82, 2.24) is 4.98 Å². The molecule has 1 heterocycles. The van der Waals surface area contributed by atoms with Crippen LogP contribution in [0.25, 0.3) is 10.9 Å². The minimum absolute atomic E-state index is 0.336. The first kappa shape index (κ1) is 23.3. The third-order valence-electron chi connectivity index (χ3n) is 5.79. The maximum Gasteiger partial charge on any atom is 0.146 e. The smallest absolute Gasteiger partial charge is 0.146 e. The van der Waals surface area contributed by atoms with Crippen molar-refractivity contribution in [2.24, 2.45) is 0 Å². The van der Waals surface area contributed by atoms with E-state index in [1.165, 1.54) is 62.5 Å². The van der Waals surface area contributed by atoms with Crippen LogP contribution >= 0.6 is 0 Å². The number of aryl methyl sites for hydroxylation is 2. The molecule has 0 aliphatic carbocycles. The largest absolute Gasteiger partial charge is 0.487 e. The van der Waals surface area contributed by atoms with E-state index in [0.717, 1.165) is 35.2 Å². The van der Waals surface area contributed by atoms with Gasteiger partial charge in [-0.15, -0.1) is 0 Å². The van der Waals surface area contributed by atoms with Crippen molar-refractivity contribution in [2.75, 3.05) is 6.61 Å². The first-order valence-electron chi connectivity index (χ1n) is 11.9. The second-order valence-corrected chi connectivity index (χ2v) is 8.57. The number of pyridine rings is 1. The highest BCUT2D eigenvalue weighted by Gasteiger charge is 2.08. The fraction of sp³-hybridized carbons (Fsp3) is 0.464. The number of fused-ring (bicyclic) bond motifs is 1. The number of unbranched alkanes of at least 4 members (excludes halogenated alkanes) is 8. The fourth-order valence-electron chi connectivity index (χ4n) is 4.03. The zero-order valence-electron chi connectivity index (χ0n) is 19.0. The molecule has 3 nitrogen and oxygen atoms in total. The number of hydrogen-bond donors (Lipinski definition) is 1. The van der Waals surface area contributed by atoms with Crippen LogP contribution in [0.4, 0.5) is 0 Å². The van der Waals surface area contributed by atoms with Gasteiger partial charge in [-0.3, -0.25) is 0 Å². The van der Waals surface area contributed by atoms with Crippen LogP contribution in [-0.4, -0.2) is 16.7 Å². The second kappa shape index (κ2) is 13.1. The molecule has 3 aromatic rings. The quantitative estimate of drug-likeness (QED) is 0.282. The normalized spacial score (nSPS) is 11.2. The molecule has 31 heavy (non-hydrogen) atoms. The lowest BCUT2D eigenvalue weighted by Crippen LogP contribution is -1.99. The maximum absolute atomic E-state index is 8.81. The number of aliphatic hydroxyl groups excluding tert-OH is 1. The van der Waals surface area contributed by atoms with E-state index in [1.807, 2.05) is 18.2 Å². The summed E-state index contributed by atoms with van der Waals surface area (Å²) in [4.78, 5) is 4.96. The van der Waals surface area contributed by atoms with Gasteiger partial charge >= 0.3 is 0 Å². The molecule has 0 amide bonds. The minimum atomic E-state index is 0.336. The number of benzene rings is 2. The molecule has 0 bridgehead atoms. The summed E-state index contributed by atoms with van der Waals surface area (Å²) in [6.07, 6.45) is 12.1. The Kier molecular flexibility index (Phi) is 9.85. The second-order valence-electron chi connectivity index (χ2n) is 8.57. The van der Waals surface area contributed by atoms with Gasteiger partial charge in [0.15, 0.2) is 0 Å². The lowest BCUT2D eigenvalue weighted by molar-refractivity contribution is 0.282. The van der Waals surface area contributed by atoms with Gasteiger partial charge in [-0.05, 0) is 55.5 Å². The minimum Gasteiger partial charge on any atom is -0.487 e. The van der Waals surface area contributed by atoms with Crippen molar-refractivity contribution in [2.45, 2.75) is 77.7 Å². The summed E-state index contributed by atoms with van der Waals surface area (Å²) >= 11 is 0. The van der Waals surface area contributed by atoms with Crippen LogP contribution in [0.15, 0.2) is 54.6 Å². The fourth-order valence-corrected chi connectivity index (χ4v) is 4.03. The molecular weight excluding hydrogens is 382 g/mol. The summed E-state index contributed by atoms with van der Waals surface area (Å²) in [5.74, 6) is 0.877. The van der Waals surface area contributed by atoms with Crippen LogP contribution in [0.1, 0.15) is 74.6 Å². The zero-order chi connectivity index (χ0) is 21.7. The molecule has 166 valence electrons. The maximum atomic E-state index is 8.81. The summed E-state index contributed by atoms with van der Waals surface area (Å²) in [5, 5.41) is 9.95. The van der Waals surface area contributed by atoms with Gasteiger partial charge in [-0.25, -0.2) is 4.98 Å². The number of rotatable bonds is 14. The first-order valence-corrected chi connectivity index (χ1v) is 11.9. The molecule has 0 aliphatic heterocycles. The molecule has 0 radical (unpaired) electrons. The molecule has 0 saturated heterocycles. The van der Waals surface area contributed by atoms with E-state index in [9.17, 15) is 0 Å². The number of nitrogens with zero attached hydrogens (tertiary/aromatic N) is 1. The summed E-state index contributed by atoms with van der Waals surface area (Å²) in [6.45, 7) is 3.00. The van der Waals surface area contributed by atoms with Crippen LogP contribution in [0.3, 0.4) is 0 Å². The number of aromatic nitrogens is 1. The Balaban J connectivity index is 1.48. The summed E-state index contributed by atoms with van der Waals surface area (Å²) in [6, 6.07) is 18.9. The van der Waals surface area contributed by atoms with Crippen molar-refractivity contribution in [1.29, 1.82) is 0 Å². The predicted molar refractivity (Wildman–Crippen MR) is 130 cm³/mol. The lowest BCUT2D eigenvalue weighted by atomic mass is 10.0. The highest BCUT2D eigenvalue weighted by Crippen LogP contribution is 2.27. The van der Waals surface area contributed by atoms with E-state index < -0.39 is 0 Å². The first-order chi connectivity index (χ1) is 15.3. The van der Waals surface area contributed by atoms with Crippen molar-refractivity contribution in [3.8, 4) is 5.75 Å². The van der Waals surface area contributed by atoms with Crippen LogP contribution in [0, 0.1) is 6.92 Å².